The van der Waals surface area contributed by atoms with E-state index < -0.39 is 33.7 Å². The summed E-state index contributed by atoms with van der Waals surface area (Å²) in [4.78, 5) is 37.7. The third-order valence-electron chi connectivity index (χ3n) is 4.05. The van der Waals surface area contributed by atoms with Crippen molar-refractivity contribution in [1.82, 2.24) is 4.90 Å². The van der Waals surface area contributed by atoms with Crippen molar-refractivity contribution >= 4 is 40.6 Å². The smallest absolute Gasteiger partial charge is 0.411 e. The second kappa shape index (κ2) is 8.90. The number of amides is 1. The van der Waals surface area contributed by atoms with Crippen LogP contribution in [0.1, 0.15) is 39.2 Å². The molecule has 1 aliphatic heterocycles. The standard InChI is InChI=1S/C19H24INO6/c1-19(2,3)27-18(25)21-14(9-13(16(21)20)10-15(22)23)17(24)26-11-12-7-5-4-6-8-12/h4-8,13-14,16H,9-11H2,1-3H3,(H,22,23)/t13-,14+,16+/m1/s1. The first-order valence-corrected chi connectivity index (χ1v) is 9.91. The summed E-state index contributed by atoms with van der Waals surface area (Å²) in [5.74, 6) is -1.88. The lowest BCUT2D eigenvalue weighted by molar-refractivity contribution is -0.150. The van der Waals surface area contributed by atoms with Crippen molar-refractivity contribution in [3.8, 4) is 0 Å². The summed E-state index contributed by atoms with van der Waals surface area (Å²) in [5.41, 5.74) is 0.109. The average Bonchev–Trinajstić information content (AvgIpc) is 2.88. The van der Waals surface area contributed by atoms with Crippen LogP contribution in [0.15, 0.2) is 30.3 Å². The van der Waals surface area contributed by atoms with E-state index in [9.17, 15) is 14.4 Å². The molecule has 0 aromatic heterocycles. The van der Waals surface area contributed by atoms with Crippen LogP contribution in [0.3, 0.4) is 0 Å². The molecule has 2 rings (SSSR count). The van der Waals surface area contributed by atoms with Gasteiger partial charge in [0.1, 0.15) is 18.2 Å². The number of likely N-dealkylation sites (tertiary alicyclic amines) is 1. The zero-order valence-corrected chi connectivity index (χ0v) is 17.7. The predicted molar refractivity (Wildman–Crippen MR) is 106 cm³/mol. The van der Waals surface area contributed by atoms with Crippen LogP contribution in [0.4, 0.5) is 4.79 Å². The van der Waals surface area contributed by atoms with Gasteiger partial charge >= 0.3 is 18.0 Å². The molecule has 1 heterocycles. The minimum Gasteiger partial charge on any atom is -0.481 e. The molecule has 0 radical (unpaired) electrons. The number of hydrogen-bond donors (Lipinski definition) is 1. The van der Waals surface area contributed by atoms with Gasteiger partial charge in [0.15, 0.2) is 0 Å². The van der Waals surface area contributed by atoms with Crippen LogP contribution >= 0.6 is 22.6 Å². The number of alkyl halides is 1. The van der Waals surface area contributed by atoms with E-state index in [1.807, 2.05) is 52.9 Å². The van der Waals surface area contributed by atoms with Crippen molar-refractivity contribution in [2.24, 2.45) is 5.92 Å². The predicted octanol–water partition coefficient (Wildman–Crippen LogP) is 3.59. The molecule has 0 saturated carbocycles. The first kappa shape index (κ1) is 21.5. The second-order valence-electron chi connectivity index (χ2n) is 7.46. The summed E-state index contributed by atoms with van der Waals surface area (Å²) in [7, 11) is 0. The molecule has 0 spiro atoms. The normalized spacial score (nSPS) is 22.4. The monoisotopic (exact) mass is 489 g/mol. The van der Waals surface area contributed by atoms with Gasteiger partial charge < -0.3 is 14.6 Å². The maximum Gasteiger partial charge on any atom is 0.411 e. The van der Waals surface area contributed by atoms with E-state index in [4.69, 9.17) is 14.6 Å². The summed E-state index contributed by atoms with van der Waals surface area (Å²) in [6.07, 6.45) is -0.543. The van der Waals surface area contributed by atoms with Gasteiger partial charge in [-0.15, -0.1) is 0 Å². The zero-order valence-electron chi connectivity index (χ0n) is 15.6. The Bertz CT molecular complexity index is 687. The largest absolute Gasteiger partial charge is 0.481 e. The highest BCUT2D eigenvalue weighted by Crippen LogP contribution is 2.38. The molecule has 1 fully saturated rings. The maximum absolute atomic E-state index is 12.7. The van der Waals surface area contributed by atoms with Crippen molar-refractivity contribution in [3.05, 3.63) is 35.9 Å². The Hall–Kier alpha value is -1.84. The highest BCUT2D eigenvalue weighted by Gasteiger charge is 2.48. The summed E-state index contributed by atoms with van der Waals surface area (Å²) in [6.45, 7) is 5.30. The van der Waals surface area contributed by atoms with Crippen molar-refractivity contribution in [2.45, 2.75) is 55.9 Å². The quantitative estimate of drug-likeness (QED) is 0.294. The number of carboxylic acids is 1. The molecule has 148 valence electrons. The van der Waals surface area contributed by atoms with E-state index in [-0.39, 0.29) is 25.4 Å². The Morgan fingerprint density at radius 1 is 1.22 bits per heavy atom. The van der Waals surface area contributed by atoms with Gasteiger partial charge in [-0.25, -0.2) is 9.59 Å². The molecule has 8 heteroatoms. The van der Waals surface area contributed by atoms with Crippen LogP contribution < -0.4 is 0 Å². The third-order valence-corrected chi connectivity index (χ3v) is 5.67. The van der Waals surface area contributed by atoms with E-state index in [0.717, 1.165) is 5.56 Å². The van der Waals surface area contributed by atoms with E-state index in [1.165, 1.54) is 4.90 Å². The molecule has 0 bridgehead atoms. The minimum absolute atomic E-state index is 0.0911. The second-order valence-corrected chi connectivity index (χ2v) is 8.74. The van der Waals surface area contributed by atoms with Crippen LogP contribution in [0.5, 0.6) is 0 Å². The Morgan fingerprint density at radius 3 is 2.41 bits per heavy atom. The number of hydrogen-bond acceptors (Lipinski definition) is 5. The number of ether oxygens (including phenoxy) is 2. The fourth-order valence-corrected chi connectivity index (χ4v) is 4.06. The first-order valence-electron chi connectivity index (χ1n) is 8.66. The Kier molecular flexibility index (Phi) is 7.07. The Morgan fingerprint density at radius 2 is 1.85 bits per heavy atom. The van der Waals surface area contributed by atoms with Crippen LogP contribution in [-0.4, -0.2) is 43.7 Å². The fourth-order valence-electron chi connectivity index (χ4n) is 2.89. The number of benzene rings is 1. The molecule has 1 aromatic rings. The van der Waals surface area contributed by atoms with Crippen LogP contribution in [0.2, 0.25) is 0 Å². The molecule has 3 atom stereocenters. The highest BCUT2D eigenvalue weighted by molar-refractivity contribution is 14.1. The lowest BCUT2D eigenvalue weighted by Gasteiger charge is -2.30. The van der Waals surface area contributed by atoms with Gasteiger partial charge in [-0.05, 0) is 32.8 Å². The van der Waals surface area contributed by atoms with E-state index >= 15 is 0 Å². The van der Waals surface area contributed by atoms with E-state index in [1.54, 1.807) is 20.8 Å². The number of carbonyl (C=O) groups is 3. The van der Waals surface area contributed by atoms with Gasteiger partial charge in [-0.3, -0.25) is 9.69 Å². The molecule has 1 N–H and O–H groups in total. The van der Waals surface area contributed by atoms with E-state index in [2.05, 4.69) is 0 Å². The Balaban J connectivity index is 2.14. The van der Waals surface area contributed by atoms with Gasteiger partial charge in [0, 0.05) is 5.92 Å². The molecular formula is C19H24INO6. The molecular weight excluding hydrogens is 465 g/mol. The van der Waals surface area contributed by atoms with Crippen molar-refractivity contribution in [1.29, 1.82) is 0 Å². The zero-order chi connectivity index (χ0) is 20.2. The number of aliphatic carboxylic acids is 1. The maximum atomic E-state index is 12.7. The fraction of sp³-hybridized carbons (Fsp3) is 0.526. The number of esters is 1. The Labute approximate surface area is 172 Å². The summed E-state index contributed by atoms with van der Waals surface area (Å²) in [6, 6.07) is 8.35. The molecule has 0 aliphatic carbocycles. The van der Waals surface area contributed by atoms with Gasteiger partial charge in [0.2, 0.25) is 0 Å². The van der Waals surface area contributed by atoms with Gasteiger partial charge in [-0.2, -0.15) is 0 Å². The molecule has 1 aliphatic rings. The molecule has 0 unspecified atom stereocenters. The number of rotatable bonds is 5. The highest BCUT2D eigenvalue weighted by atomic mass is 127. The molecule has 1 aromatic carbocycles. The molecule has 27 heavy (non-hydrogen) atoms. The van der Waals surface area contributed by atoms with Gasteiger partial charge in [-0.1, -0.05) is 52.9 Å². The van der Waals surface area contributed by atoms with Crippen molar-refractivity contribution in [3.63, 3.8) is 0 Å². The van der Waals surface area contributed by atoms with Crippen LogP contribution in [0.25, 0.3) is 0 Å². The SMILES string of the molecule is CC(C)(C)OC(=O)N1[C@H](I)[C@@H](CC(=O)O)C[C@H]1C(=O)OCc1ccccc1. The number of halogens is 1. The number of carbonyl (C=O) groups excluding carboxylic acids is 2. The lowest BCUT2D eigenvalue weighted by atomic mass is 10.0. The molecule has 1 saturated heterocycles. The van der Waals surface area contributed by atoms with Gasteiger partial charge in [0.25, 0.3) is 0 Å². The summed E-state index contributed by atoms with van der Waals surface area (Å²) in [5, 5.41) is 9.13. The van der Waals surface area contributed by atoms with Gasteiger partial charge in [0.05, 0.1) is 10.5 Å². The van der Waals surface area contributed by atoms with Crippen molar-refractivity contribution < 1.29 is 29.0 Å². The van der Waals surface area contributed by atoms with Crippen molar-refractivity contribution in [2.75, 3.05) is 0 Å². The van der Waals surface area contributed by atoms with Crippen LogP contribution in [0, 0.1) is 5.92 Å². The molecule has 1 amide bonds. The number of nitrogens with zero attached hydrogens (tertiary/aromatic N) is 1. The number of carboxylic acid groups (broad SMARTS) is 1. The topological polar surface area (TPSA) is 93.1 Å². The minimum atomic E-state index is -0.968. The third kappa shape index (κ3) is 6.08. The van der Waals surface area contributed by atoms with Crippen LogP contribution in [-0.2, 0) is 25.7 Å². The van der Waals surface area contributed by atoms with E-state index in [0.29, 0.717) is 0 Å². The average molecular weight is 489 g/mol. The molecule has 7 nitrogen and oxygen atoms in total. The first-order chi connectivity index (χ1) is 12.6. The summed E-state index contributed by atoms with van der Waals surface area (Å²) >= 11 is 2.00. The summed E-state index contributed by atoms with van der Waals surface area (Å²) < 4.78 is 10.3. The lowest BCUT2D eigenvalue weighted by Crippen LogP contribution is -2.46.